The van der Waals surface area contributed by atoms with Gasteiger partial charge in [-0.1, -0.05) is 12.1 Å². The standard InChI is InChI=1S/C23H30N2O6S/c1-29-20-7-4-17(5-8-20)6-9-23(26)24-11-13-32(27,28)25-12-10-18-14-21(30-2)22(31-3)15-19(18)16-25/h4-5,7-8,14-15H,6,9-13,16H2,1-3H3,(H,24,26). The van der Waals surface area contributed by atoms with E-state index in [0.29, 0.717) is 37.3 Å². The molecule has 3 rings (SSSR count). The maximum absolute atomic E-state index is 12.8. The molecule has 0 atom stereocenters. The summed E-state index contributed by atoms with van der Waals surface area (Å²) < 4.78 is 42.8. The average Bonchev–Trinajstić information content (AvgIpc) is 2.81. The van der Waals surface area contributed by atoms with Crippen LogP contribution in [-0.4, -0.2) is 58.8 Å². The number of carbonyl (C=O) groups excluding carboxylic acids is 1. The number of sulfonamides is 1. The van der Waals surface area contributed by atoms with Crippen molar-refractivity contribution in [2.75, 3.05) is 40.2 Å². The molecule has 0 spiro atoms. The first kappa shape index (κ1) is 23.9. The molecule has 0 aromatic heterocycles. The number of ether oxygens (including phenoxy) is 3. The highest BCUT2D eigenvalue weighted by molar-refractivity contribution is 7.89. The van der Waals surface area contributed by atoms with Crippen LogP contribution >= 0.6 is 0 Å². The van der Waals surface area contributed by atoms with E-state index < -0.39 is 10.0 Å². The maximum atomic E-state index is 12.8. The van der Waals surface area contributed by atoms with Gasteiger partial charge in [-0.2, -0.15) is 4.31 Å². The van der Waals surface area contributed by atoms with E-state index in [1.54, 1.807) is 21.3 Å². The highest BCUT2D eigenvalue weighted by Gasteiger charge is 2.27. The highest BCUT2D eigenvalue weighted by Crippen LogP contribution is 2.33. The van der Waals surface area contributed by atoms with Crippen LogP contribution in [0.15, 0.2) is 36.4 Å². The monoisotopic (exact) mass is 462 g/mol. The lowest BCUT2D eigenvalue weighted by atomic mass is 10.0. The van der Waals surface area contributed by atoms with Gasteiger partial charge in [-0.05, 0) is 53.8 Å². The van der Waals surface area contributed by atoms with Gasteiger partial charge in [0.15, 0.2) is 11.5 Å². The van der Waals surface area contributed by atoms with Gasteiger partial charge in [-0.25, -0.2) is 8.42 Å². The lowest BCUT2D eigenvalue weighted by molar-refractivity contribution is -0.120. The molecule has 1 aliphatic heterocycles. The van der Waals surface area contributed by atoms with Crippen LogP contribution < -0.4 is 19.5 Å². The summed E-state index contributed by atoms with van der Waals surface area (Å²) in [5.74, 6) is 1.68. The zero-order chi connectivity index (χ0) is 23.1. The summed E-state index contributed by atoms with van der Waals surface area (Å²) in [5, 5.41) is 2.72. The van der Waals surface area contributed by atoms with Crippen LogP contribution in [-0.2, 0) is 34.2 Å². The van der Waals surface area contributed by atoms with E-state index in [1.165, 1.54) is 4.31 Å². The number of carbonyl (C=O) groups is 1. The van der Waals surface area contributed by atoms with Crippen molar-refractivity contribution < 1.29 is 27.4 Å². The zero-order valence-corrected chi connectivity index (χ0v) is 19.5. The zero-order valence-electron chi connectivity index (χ0n) is 18.7. The molecule has 1 aliphatic rings. The summed E-state index contributed by atoms with van der Waals surface area (Å²) in [7, 11) is 1.24. The molecule has 9 heteroatoms. The van der Waals surface area contributed by atoms with Gasteiger partial charge in [0.05, 0.1) is 27.1 Å². The number of nitrogens with zero attached hydrogens (tertiary/aromatic N) is 1. The molecule has 1 heterocycles. The average molecular weight is 463 g/mol. The Morgan fingerprint density at radius 3 is 2.28 bits per heavy atom. The minimum Gasteiger partial charge on any atom is -0.497 e. The van der Waals surface area contributed by atoms with Gasteiger partial charge in [0, 0.05) is 26.1 Å². The summed E-state index contributed by atoms with van der Waals surface area (Å²) in [4.78, 5) is 12.1. The van der Waals surface area contributed by atoms with Crippen LogP contribution in [0.1, 0.15) is 23.1 Å². The van der Waals surface area contributed by atoms with E-state index in [1.807, 2.05) is 36.4 Å². The molecule has 8 nitrogen and oxygen atoms in total. The third-order valence-electron chi connectivity index (χ3n) is 5.56. The van der Waals surface area contributed by atoms with Crippen molar-refractivity contribution >= 4 is 15.9 Å². The highest BCUT2D eigenvalue weighted by atomic mass is 32.2. The quantitative estimate of drug-likeness (QED) is 0.582. The van der Waals surface area contributed by atoms with Crippen molar-refractivity contribution in [3.63, 3.8) is 0 Å². The number of amides is 1. The van der Waals surface area contributed by atoms with E-state index in [2.05, 4.69) is 5.32 Å². The Morgan fingerprint density at radius 2 is 1.66 bits per heavy atom. The first-order valence-corrected chi connectivity index (χ1v) is 12.1. The Morgan fingerprint density at radius 1 is 1.00 bits per heavy atom. The van der Waals surface area contributed by atoms with E-state index in [0.717, 1.165) is 22.4 Å². The smallest absolute Gasteiger partial charge is 0.220 e. The SMILES string of the molecule is COc1ccc(CCC(=O)NCCS(=O)(=O)N2CCc3cc(OC)c(OC)cc3C2)cc1. The number of fused-ring (bicyclic) bond motifs is 1. The fourth-order valence-electron chi connectivity index (χ4n) is 3.68. The molecule has 0 unspecified atom stereocenters. The molecule has 1 amide bonds. The van der Waals surface area contributed by atoms with Crippen molar-refractivity contribution in [1.82, 2.24) is 9.62 Å². The van der Waals surface area contributed by atoms with Crippen molar-refractivity contribution in [2.45, 2.75) is 25.8 Å². The Kier molecular flexibility index (Phi) is 7.98. The fraction of sp³-hybridized carbons (Fsp3) is 0.435. The molecule has 0 saturated carbocycles. The predicted octanol–water partition coefficient (Wildman–Crippen LogP) is 2.15. The molecular weight excluding hydrogens is 432 g/mol. The predicted molar refractivity (Wildman–Crippen MR) is 122 cm³/mol. The van der Waals surface area contributed by atoms with Crippen LogP contribution in [0.3, 0.4) is 0 Å². The lowest BCUT2D eigenvalue weighted by Gasteiger charge is -2.29. The van der Waals surface area contributed by atoms with Gasteiger partial charge in [0.25, 0.3) is 0 Å². The molecule has 0 aliphatic carbocycles. The van der Waals surface area contributed by atoms with Crippen LogP contribution in [0.2, 0.25) is 0 Å². The number of benzene rings is 2. The van der Waals surface area contributed by atoms with Gasteiger partial charge in [0.1, 0.15) is 5.75 Å². The number of aryl methyl sites for hydroxylation is 1. The van der Waals surface area contributed by atoms with E-state index in [4.69, 9.17) is 14.2 Å². The summed E-state index contributed by atoms with van der Waals surface area (Å²) in [6, 6.07) is 11.3. The Hall–Kier alpha value is -2.78. The molecule has 0 radical (unpaired) electrons. The summed E-state index contributed by atoms with van der Waals surface area (Å²) in [6.07, 6.45) is 1.48. The Labute approximate surface area is 189 Å². The first-order valence-electron chi connectivity index (χ1n) is 10.5. The van der Waals surface area contributed by atoms with Crippen LogP contribution in [0.25, 0.3) is 0 Å². The number of nitrogens with one attached hydrogen (secondary N) is 1. The summed E-state index contributed by atoms with van der Waals surface area (Å²) in [5.41, 5.74) is 2.98. The number of hydrogen-bond donors (Lipinski definition) is 1. The molecule has 0 saturated heterocycles. The second-order valence-electron chi connectivity index (χ2n) is 7.57. The van der Waals surface area contributed by atoms with Crippen molar-refractivity contribution in [3.8, 4) is 17.2 Å². The molecule has 2 aromatic carbocycles. The largest absolute Gasteiger partial charge is 0.497 e. The van der Waals surface area contributed by atoms with Gasteiger partial charge in [-0.15, -0.1) is 0 Å². The van der Waals surface area contributed by atoms with Gasteiger partial charge < -0.3 is 19.5 Å². The molecule has 2 aromatic rings. The number of hydrogen-bond acceptors (Lipinski definition) is 6. The van der Waals surface area contributed by atoms with Crippen LogP contribution in [0.4, 0.5) is 0 Å². The van der Waals surface area contributed by atoms with E-state index in [-0.39, 0.29) is 24.7 Å². The Bertz CT molecular complexity index is 1040. The summed E-state index contributed by atoms with van der Waals surface area (Å²) in [6.45, 7) is 0.763. The first-order chi connectivity index (χ1) is 15.4. The third kappa shape index (κ3) is 5.92. The van der Waals surface area contributed by atoms with Gasteiger partial charge in [0.2, 0.25) is 15.9 Å². The minimum absolute atomic E-state index is 0.0824. The topological polar surface area (TPSA) is 94.2 Å². The third-order valence-corrected chi connectivity index (χ3v) is 7.38. The van der Waals surface area contributed by atoms with Crippen LogP contribution in [0, 0.1) is 0 Å². The maximum Gasteiger partial charge on any atom is 0.220 e. The fourth-order valence-corrected chi connectivity index (χ4v) is 5.01. The lowest BCUT2D eigenvalue weighted by Crippen LogP contribution is -2.40. The number of methoxy groups -OCH3 is 3. The second-order valence-corrected chi connectivity index (χ2v) is 9.66. The minimum atomic E-state index is -3.50. The van der Waals surface area contributed by atoms with E-state index in [9.17, 15) is 13.2 Å². The molecule has 174 valence electrons. The van der Waals surface area contributed by atoms with E-state index >= 15 is 0 Å². The van der Waals surface area contributed by atoms with Crippen LogP contribution in [0.5, 0.6) is 17.2 Å². The van der Waals surface area contributed by atoms with Crippen molar-refractivity contribution in [2.24, 2.45) is 0 Å². The normalized spacial score (nSPS) is 13.8. The molecular formula is C23H30N2O6S. The number of rotatable bonds is 10. The molecule has 1 N–H and O–H groups in total. The molecule has 0 fully saturated rings. The Balaban J connectivity index is 1.49. The molecule has 32 heavy (non-hydrogen) atoms. The summed E-state index contributed by atoms with van der Waals surface area (Å²) >= 11 is 0. The van der Waals surface area contributed by atoms with Crippen molar-refractivity contribution in [1.29, 1.82) is 0 Å². The molecule has 0 bridgehead atoms. The second kappa shape index (κ2) is 10.7. The van der Waals surface area contributed by atoms with Crippen molar-refractivity contribution in [3.05, 3.63) is 53.1 Å². The van der Waals surface area contributed by atoms with Gasteiger partial charge >= 0.3 is 0 Å². The van der Waals surface area contributed by atoms with Gasteiger partial charge in [-0.3, -0.25) is 4.79 Å².